The Morgan fingerprint density at radius 3 is 3.00 bits per heavy atom. The minimum atomic E-state index is -0.201. The second-order valence-corrected chi connectivity index (χ2v) is 4.27. The molecule has 2 aromatic rings. The molecule has 80 valence electrons. The van der Waals surface area contributed by atoms with Gasteiger partial charge in [-0.1, -0.05) is 26.1 Å². The Bertz CT molecular complexity index is 592. The maximum atomic E-state index is 11.7. The van der Waals surface area contributed by atoms with Crippen molar-refractivity contribution in [2.75, 3.05) is 0 Å². The Morgan fingerprint density at radius 2 is 2.33 bits per heavy atom. The minimum absolute atomic E-state index is 0.201. The first-order valence-electron chi connectivity index (χ1n) is 4.76. The minimum Gasteiger partial charge on any atom is -0.341 e. The smallest absolute Gasteiger partial charge is 0.328 e. The number of aromatic amines is 2. The van der Waals surface area contributed by atoms with Crippen molar-refractivity contribution in [1.29, 1.82) is 0 Å². The molecule has 0 aromatic carbocycles. The molecule has 0 radical (unpaired) electrons. The van der Waals surface area contributed by atoms with E-state index in [4.69, 9.17) is 12.2 Å². The summed E-state index contributed by atoms with van der Waals surface area (Å²) in [6.07, 6.45) is 1.55. The Labute approximate surface area is 91.2 Å². The van der Waals surface area contributed by atoms with E-state index in [1.807, 2.05) is 13.8 Å². The summed E-state index contributed by atoms with van der Waals surface area (Å²) in [5.41, 5.74) is 1.14. The molecule has 0 bridgehead atoms. The van der Waals surface area contributed by atoms with Gasteiger partial charge < -0.3 is 4.98 Å². The first-order valence-corrected chi connectivity index (χ1v) is 5.16. The molecule has 0 aliphatic rings. The molecule has 0 aliphatic carbocycles. The van der Waals surface area contributed by atoms with Crippen LogP contribution in [0.15, 0.2) is 11.1 Å². The fourth-order valence-corrected chi connectivity index (χ4v) is 1.75. The maximum Gasteiger partial charge on any atom is 0.328 e. The zero-order valence-electron chi connectivity index (χ0n) is 8.57. The zero-order chi connectivity index (χ0) is 11.0. The molecule has 2 N–H and O–H groups in total. The highest BCUT2D eigenvalue weighted by Gasteiger charge is 2.08. The lowest BCUT2D eigenvalue weighted by atomic mass is 10.2. The Kier molecular flexibility index (Phi) is 2.44. The van der Waals surface area contributed by atoms with Gasteiger partial charge in [-0.3, -0.25) is 9.55 Å². The third-order valence-electron chi connectivity index (χ3n) is 2.12. The lowest BCUT2D eigenvalue weighted by Crippen LogP contribution is -2.25. The van der Waals surface area contributed by atoms with Gasteiger partial charge >= 0.3 is 5.69 Å². The number of nitrogens with one attached hydrogen (secondary N) is 2. The Morgan fingerprint density at radius 1 is 1.60 bits per heavy atom. The summed E-state index contributed by atoms with van der Waals surface area (Å²) >= 11 is 5.03. The number of H-pyrrole nitrogens is 2. The molecule has 2 rings (SSSR count). The van der Waals surface area contributed by atoms with Crippen LogP contribution in [0.2, 0.25) is 0 Å². The highest BCUT2D eigenvalue weighted by molar-refractivity contribution is 7.71. The zero-order valence-corrected chi connectivity index (χ0v) is 9.39. The first-order chi connectivity index (χ1) is 7.09. The van der Waals surface area contributed by atoms with Crippen LogP contribution < -0.4 is 5.69 Å². The quantitative estimate of drug-likeness (QED) is 0.758. The van der Waals surface area contributed by atoms with Crippen LogP contribution in [0.25, 0.3) is 11.2 Å². The molecule has 0 amide bonds. The lowest BCUT2D eigenvalue weighted by molar-refractivity contribution is 0.514. The summed E-state index contributed by atoms with van der Waals surface area (Å²) < 4.78 is 2.01. The van der Waals surface area contributed by atoms with Gasteiger partial charge in [0, 0.05) is 6.54 Å². The number of fused-ring (bicyclic) bond motifs is 1. The molecule has 5 nitrogen and oxygen atoms in total. The average molecular weight is 224 g/mol. The molecule has 0 aliphatic heterocycles. The lowest BCUT2D eigenvalue weighted by Gasteiger charge is -2.08. The summed E-state index contributed by atoms with van der Waals surface area (Å²) in [5, 5.41) is 0. The van der Waals surface area contributed by atoms with E-state index in [0.29, 0.717) is 28.3 Å². The molecule has 0 spiro atoms. The van der Waals surface area contributed by atoms with Gasteiger partial charge in [-0.15, -0.1) is 0 Å². The molecule has 2 aromatic heterocycles. The monoisotopic (exact) mass is 224 g/mol. The van der Waals surface area contributed by atoms with Gasteiger partial charge in [0.05, 0.1) is 6.33 Å². The van der Waals surface area contributed by atoms with Gasteiger partial charge in [-0.25, -0.2) is 9.78 Å². The fraction of sp³-hybridized carbons (Fsp3) is 0.444. The van der Waals surface area contributed by atoms with E-state index in [1.54, 1.807) is 10.9 Å². The van der Waals surface area contributed by atoms with Crippen molar-refractivity contribution in [2.45, 2.75) is 20.4 Å². The number of nitrogens with zero attached hydrogens (tertiary/aromatic N) is 2. The van der Waals surface area contributed by atoms with Crippen molar-refractivity contribution >= 4 is 23.4 Å². The van der Waals surface area contributed by atoms with Gasteiger partial charge in [0.2, 0.25) is 0 Å². The predicted molar refractivity (Wildman–Crippen MR) is 60.4 cm³/mol. The summed E-state index contributed by atoms with van der Waals surface area (Å²) in [6, 6.07) is 0. The second kappa shape index (κ2) is 3.62. The van der Waals surface area contributed by atoms with Crippen LogP contribution in [0.4, 0.5) is 0 Å². The highest BCUT2D eigenvalue weighted by atomic mass is 32.1. The summed E-state index contributed by atoms with van der Waals surface area (Å²) in [7, 11) is 0. The van der Waals surface area contributed by atoms with Crippen LogP contribution in [0.3, 0.4) is 0 Å². The van der Waals surface area contributed by atoms with Crippen molar-refractivity contribution in [1.82, 2.24) is 19.5 Å². The van der Waals surface area contributed by atoms with Crippen molar-refractivity contribution in [2.24, 2.45) is 5.92 Å². The Balaban J connectivity index is 2.77. The van der Waals surface area contributed by atoms with E-state index in [9.17, 15) is 4.79 Å². The summed E-state index contributed by atoms with van der Waals surface area (Å²) in [6.45, 7) is 4.73. The molecule has 0 unspecified atom stereocenters. The number of aromatic nitrogens is 4. The molecule has 0 atom stereocenters. The van der Waals surface area contributed by atoms with Crippen molar-refractivity contribution in [3.05, 3.63) is 21.5 Å². The highest BCUT2D eigenvalue weighted by Crippen LogP contribution is 2.08. The topological polar surface area (TPSA) is 66.5 Å². The van der Waals surface area contributed by atoms with Gasteiger partial charge in [0.25, 0.3) is 0 Å². The first kappa shape index (κ1) is 10.1. The SMILES string of the molecule is CC(C)Cn1c(=O)[nH]c(=S)c2[nH]cnc21. The normalized spacial score (nSPS) is 11.4. The van der Waals surface area contributed by atoms with Crippen LogP contribution in [0, 0.1) is 10.6 Å². The van der Waals surface area contributed by atoms with Crippen molar-refractivity contribution in [3.63, 3.8) is 0 Å². The maximum absolute atomic E-state index is 11.7. The fourth-order valence-electron chi connectivity index (χ4n) is 1.52. The van der Waals surface area contributed by atoms with E-state index in [2.05, 4.69) is 15.0 Å². The molecular weight excluding hydrogens is 212 g/mol. The summed E-state index contributed by atoms with van der Waals surface area (Å²) in [5.74, 6) is 0.381. The average Bonchev–Trinajstić information content (AvgIpc) is 2.60. The van der Waals surface area contributed by atoms with Crippen LogP contribution >= 0.6 is 12.2 Å². The molecular formula is C9H12N4OS. The number of hydrogen-bond acceptors (Lipinski definition) is 3. The number of rotatable bonds is 2. The number of imidazole rings is 1. The largest absolute Gasteiger partial charge is 0.341 e. The van der Waals surface area contributed by atoms with Crippen LogP contribution in [0.1, 0.15) is 13.8 Å². The van der Waals surface area contributed by atoms with Crippen molar-refractivity contribution < 1.29 is 0 Å². The third kappa shape index (κ3) is 1.72. The second-order valence-electron chi connectivity index (χ2n) is 3.86. The van der Waals surface area contributed by atoms with E-state index in [0.717, 1.165) is 0 Å². The summed E-state index contributed by atoms with van der Waals surface area (Å²) in [4.78, 5) is 21.3. The molecule has 15 heavy (non-hydrogen) atoms. The molecule has 0 fully saturated rings. The third-order valence-corrected chi connectivity index (χ3v) is 2.42. The van der Waals surface area contributed by atoms with Gasteiger partial charge in [-0.2, -0.15) is 0 Å². The van der Waals surface area contributed by atoms with Crippen LogP contribution in [-0.2, 0) is 6.54 Å². The van der Waals surface area contributed by atoms with E-state index < -0.39 is 0 Å². The molecule has 6 heteroatoms. The van der Waals surface area contributed by atoms with Gasteiger partial charge in [0.1, 0.15) is 10.2 Å². The molecule has 2 heterocycles. The van der Waals surface area contributed by atoms with Crippen LogP contribution in [0.5, 0.6) is 0 Å². The Hall–Kier alpha value is -1.43. The van der Waals surface area contributed by atoms with Crippen LogP contribution in [-0.4, -0.2) is 19.5 Å². The molecule has 0 saturated carbocycles. The van der Waals surface area contributed by atoms with E-state index in [-0.39, 0.29) is 5.69 Å². The standard InChI is InChI=1S/C9H12N4OS/c1-5(2)3-13-7-6(10-4-11-7)8(15)12-9(13)14/h4-5H,3H2,1-2H3,(H,10,11)(H,12,14,15). The van der Waals surface area contributed by atoms with Gasteiger partial charge in [-0.05, 0) is 5.92 Å². The number of hydrogen-bond donors (Lipinski definition) is 2. The van der Waals surface area contributed by atoms with Crippen molar-refractivity contribution in [3.8, 4) is 0 Å². The van der Waals surface area contributed by atoms with Gasteiger partial charge in [0.15, 0.2) is 5.65 Å². The van der Waals surface area contributed by atoms with E-state index >= 15 is 0 Å². The predicted octanol–water partition coefficient (Wildman–Crippen LogP) is 1.44. The molecule has 0 saturated heterocycles. The van der Waals surface area contributed by atoms with E-state index in [1.165, 1.54) is 0 Å².